The molecule has 1 atom stereocenters. The summed E-state index contributed by atoms with van der Waals surface area (Å²) in [5, 5.41) is 6.91. The molecule has 1 amide bonds. The summed E-state index contributed by atoms with van der Waals surface area (Å²) in [5.74, 6) is 0.394. The number of furan rings is 1. The third kappa shape index (κ3) is 3.33. The van der Waals surface area contributed by atoms with Gasteiger partial charge in [0.25, 0.3) is 0 Å². The predicted molar refractivity (Wildman–Crippen MR) is 90.0 cm³/mol. The Balaban J connectivity index is 1.90. The maximum atomic E-state index is 12.1. The van der Waals surface area contributed by atoms with Crippen LogP contribution < -0.4 is 5.32 Å². The first-order chi connectivity index (χ1) is 11.3. The van der Waals surface area contributed by atoms with Crippen molar-refractivity contribution in [1.29, 1.82) is 0 Å². The van der Waals surface area contributed by atoms with Crippen molar-refractivity contribution in [2.24, 2.45) is 5.10 Å². The molecule has 7 nitrogen and oxygen atoms in total. The Morgan fingerprint density at radius 1 is 1.29 bits per heavy atom. The number of hydrazone groups is 1. The Bertz CT molecular complexity index is 871. The second-order valence-electron chi connectivity index (χ2n) is 5.58. The smallest absolute Gasteiger partial charge is 0.247 e. The maximum Gasteiger partial charge on any atom is 0.247 e. The van der Waals surface area contributed by atoms with Crippen molar-refractivity contribution in [3.8, 4) is 0 Å². The second-order valence-corrected chi connectivity index (χ2v) is 7.42. The van der Waals surface area contributed by atoms with Crippen molar-refractivity contribution < 1.29 is 17.6 Å². The highest BCUT2D eigenvalue weighted by Gasteiger charge is 2.35. The monoisotopic (exact) mass is 347 g/mol. The lowest BCUT2D eigenvalue weighted by molar-refractivity contribution is -0.114. The third-order valence-electron chi connectivity index (χ3n) is 3.63. The van der Waals surface area contributed by atoms with Crippen molar-refractivity contribution in [2.45, 2.75) is 19.4 Å². The molecular weight excluding hydrogens is 330 g/mol. The fourth-order valence-corrected chi connectivity index (χ4v) is 3.53. The van der Waals surface area contributed by atoms with Gasteiger partial charge in [-0.25, -0.2) is 8.42 Å². The van der Waals surface area contributed by atoms with Crippen molar-refractivity contribution in [3.63, 3.8) is 0 Å². The van der Waals surface area contributed by atoms with E-state index >= 15 is 0 Å². The summed E-state index contributed by atoms with van der Waals surface area (Å²) < 4.78 is 30.6. The van der Waals surface area contributed by atoms with E-state index in [4.69, 9.17) is 4.42 Å². The van der Waals surface area contributed by atoms with Gasteiger partial charge in [0.2, 0.25) is 15.9 Å². The van der Waals surface area contributed by atoms with Crippen LogP contribution in [-0.2, 0) is 14.8 Å². The summed E-state index contributed by atoms with van der Waals surface area (Å²) in [4.78, 5) is 11.1. The Morgan fingerprint density at radius 3 is 2.54 bits per heavy atom. The summed E-state index contributed by atoms with van der Waals surface area (Å²) >= 11 is 0. The van der Waals surface area contributed by atoms with Crippen molar-refractivity contribution in [1.82, 2.24) is 4.41 Å². The first-order valence-electron chi connectivity index (χ1n) is 7.33. The molecule has 2 aromatic rings. The van der Waals surface area contributed by atoms with E-state index < -0.39 is 16.1 Å². The average molecular weight is 347 g/mol. The van der Waals surface area contributed by atoms with E-state index in [0.717, 1.165) is 16.2 Å². The molecular formula is C16H17N3O4S. The molecule has 0 saturated heterocycles. The van der Waals surface area contributed by atoms with Crippen LogP contribution in [0, 0.1) is 0 Å². The summed E-state index contributed by atoms with van der Waals surface area (Å²) in [7, 11) is -3.52. The van der Waals surface area contributed by atoms with Crippen LogP contribution in [0.25, 0.3) is 0 Å². The zero-order valence-corrected chi connectivity index (χ0v) is 14.1. The molecule has 0 unspecified atom stereocenters. The molecule has 0 saturated carbocycles. The highest BCUT2D eigenvalue weighted by atomic mass is 32.2. The topological polar surface area (TPSA) is 92.0 Å². The highest BCUT2D eigenvalue weighted by Crippen LogP contribution is 2.35. The van der Waals surface area contributed by atoms with Gasteiger partial charge >= 0.3 is 0 Å². The zero-order valence-electron chi connectivity index (χ0n) is 13.3. The number of carbonyl (C=O) groups excluding carboxylic acids is 1. The molecule has 1 aromatic carbocycles. The minimum absolute atomic E-state index is 0.162. The van der Waals surface area contributed by atoms with Crippen LogP contribution in [0.5, 0.6) is 0 Å². The number of carbonyl (C=O) groups is 1. The molecule has 24 heavy (non-hydrogen) atoms. The normalized spacial score (nSPS) is 17.7. The lowest BCUT2D eigenvalue weighted by Gasteiger charge is -2.21. The van der Waals surface area contributed by atoms with Gasteiger partial charge in [0.05, 0.1) is 18.6 Å². The van der Waals surface area contributed by atoms with Crippen LogP contribution in [0.3, 0.4) is 0 Å². The summed E-state index contributed by atoms with van der Waals surface area (Å²) in [6.45, 7) is 1.43. The van der Waals surface area contributed by atoms with Crippen molar-refractivity contribution in [2.75, 3.05) is 11.6 Å². The molecule has 0 spiro atoms. The number of hydrogen-bond donors (Lipinski definition) is 1. The van der Waals surface area contributed by atoms with Crippen LogP contribution in [-0.4, -0.2) is 30.7 Å². The second kappa shape index (κ2) is 6.12. The van der Waals surface area contributed by atoms with Crippen molar-refractivity contribution >= 4 is 27.3 Å². The fourth-order valence-electron chi connectivity index (χ4n) is 2.63. The van der Waals surface area contributed by atoms with Gasteiger partial charge < -0.3 is 9.73 Å². The standard InChI is InChI=1S/C16H17N3O4S/c1-11(20)17-13-7-5-12(6-8-13)15-10-14(16-4-3-9-23-16)18-19(15)24(2,21)22/h3-9,15H,10H2,1-2H3,(H,17,20)/t15-/m0/s1. The number of amides is 1. The molecule has 3 rings (SSSR count). The van der Waals surface area contributed by atoms with Crippen molar-refractivity contribution in [3.05, 3.63) is 54.0 Å². The van der Waals surface area contributed by atoms with Gasteiger partial charge in [-0.1, -0.05) is 12.1 Å². The van der Waals surface area contributed by atoms with Crippen LogP contribution in [0.1, 0.15) is 30.7 Å². The molecule has 1 N–H and O–H groups in total. The van der Waals surface area contributed by atoms with E-state index in [0.29, 0.717) is 23.6 Å². The zero-order chi connectivity index (χ0) is 17.3. The van der Waals surface area contributed by atoms with E-state index in [-0.39, 0.29) is 5.91 Å². The molecule has 8 heteroatoms. The van der Waals surface area contributed by atoms with Gasteiger partial charge in [-0.2, -0.15) is 9.52 Å². The van der Waals surface area contributed by atoms with Crippen LogP contribution in [0.2, 0.25) is 0 Å². The summed E-state index contributed by atoms with van der Waals surface area (Å²) in [6.07, 6.45) is 3.07. The molecule has 1 aliphatic rings. The quantitative estimate of drug-likeness (QED) is 0.919. The Kier molecular flexibility index (Phi) is 4.15. The van der Waals surface area contributed by atoms with E-state index in [2.05, 4.69) is 10.4 Å². The van der Waals surface area contributed by atoms with E-state index in [1.165, 1.54) is 13.2 Å². The average Bonchev–Trinajstić information content (AvgIpc) is 3.16. The number of anilines is 1. The van der Waals surface area contributed by atoms with Gasteiger partial charge in [0.15, 0.2) is 0 Å². The third-order valence-corrected chi connectivity index (χ3v) is 4.65. The van der Waals surface area contributed by atoms with Gasteiger partial charge in [-0.3, -0.25) is 4.79 Å². The lowest BCUT2D eigenvalue weighted by Crippen LogP contribution is -2.25. The number of nitrogens with zero attached hydrogens (tertiary/aromatic N) is 2. The Morgan fingerprint density at radius 2 is 2.00 bits per heavy atom. The molecule has 0 bridgehead atoms. The first-order valence-corrected chi connectivity index (χ1v) is 9.18. The van der Waals surface area contributed by atoms with Crippen LogP contribution in [0.4, 0.5) is 5.69 Å². The number of nitrogens with one attached hydrogen (secondary N) is 1. The van der Waals surface area contributed by atoms with E-state index in [9.17, 15) is 13.2 Å². The lowest BCUT2D eigenvalue weighted by atomic mass is 10.0. The van der Waals surface area contributed by atoms with Crippen LogP contribution in [0.15, 0.2) is 52.2 Å². The van der Waals surface area contributed by atoms with Crippen LogP contribution >= 0.6 is 0 Å². The molecule has 0 radical (unpaired) electrons. The SMILES string of the molecule is CC(=O)Nc1ccc([C@@H]2CC(c3ccco3)=NN2S(C)(=O)=O)cc1. The largest absolute Gasteiger partial charge is 0.463 e. The molecule has 2 heterocycles. The minimum atomic E-state index is -3.52. The van der Waals surface area contributed by atoms with Gasteiger partial charge in [0.1, 0.15) is 11.5 Å². The van der Waals surface area contributed by atoms with Gasteiger partial charge in [0, 0.05) is 19.0 Å². The summed E-state index contributed by atoms with van der Waals surface area (Å²) in [5.41, 5.74) is 2.03. The number of sulfonamides is 1. The van der Waals surface area contributed by atoms with E-state index in [1.54, 1.807) is 36.4 Å². The molecule has 1 aromatic heterocycles. The number of rotatable bonds is 4. The Labute approximate surface area is 140 Å². The molecule has 0 fully saturated rings. The molecule has 0 aliphatic carbocycles. The fraction of sp³-hybridized carbons (Fsp3) is 0.250. The number of benzene rings is 1. The van der Waals surface area contributed by atoms with E-state index in [1.807, 2.05) is 0 Å². The Hall–Kier alpha value is -2.61. The molecule has 126 valence electrons. The van der Waals surface area contributed by atoms with Gasteiger partial charge in [-0.15, -0.1) is 0 Å². The van der Waals surface area contributed by atoms with Gasteiger partial charge in [-0.05, 0) is 29.8 Å². The summed E-state index contributed by atoms with van der Waals surface area (Å²) in [6, 6.07) is 10.1. The first kappa shape index (κ1) is 16.3. The molecule has 1 aliphatic heterocycles. The highest BCUT2D eigenvalue weighted by molar-refractivity contribution is 7.88. The maximum absolute atomic E-state index is 12.1. The minimum Gasteiger partial charge on any atom is -0.463 e. The number of hydrogen-bond acceptors (Lipinski definition) is 5. The predicted octanol–water partition coefficient (Wildman–Crippen LogP) is 2.35.